The molecule has 0 bridgehead atoms. The second kappa shape index (κ2) is 4.55. The molecule has 0 aliphatic rings. The van der Waals surface area contributed by atoms with Crippen molar-refractivity contribution in [2.75, 3.05) is 0 Å². The fourth-order valence-electron chi connectivity index (χ4n) is 1.91. The van der Waals surface area contributed by atoms with Gasteiger partial charge in [-0.1, -0.05) is 18.5 Å². The van der Waals surface area contributed by atoms with Crippen molar-refractivity contribution in [1.29, 1.82) is 0 Å². The van der Waals surface area contributed by atoms with Crippen LogP contribution in [0.5, 0.6) is 0 Å². The fraction of sp³-hybridized carbons (Fsp3) is 0.417. The topological polar surface area (TPSA) is 51.2 Å². The van der Waals surface area contributed by atoms with Crippen molar-refractivity contribution in [1.82, 2.24) is 9.78 Å². The number of nitrogens with zero attached hydrogens (tertiary/aromatic N) is 2. The van der Waals surface area contributed by atoms with Crippen molar-refractivity contribution in [2.45, 2.75) is 32.4 Å². The summed E-state index contributed by atoms with van der Waals surface area (Å²) in [5.41, 5.74) is 0.0649. The molecule has 2 rings (SSSR count). The Morgan fingerprint density at radius 3 is 2.94 bits per heavy atom. The molecule has 4 nitrogen and oxygen atoms in total. The normalized spacial score (nSPS) is 14.8. The molecular formula is C12H15ClN2O2. The van der Waals surface area contributed by atoms with Crippen LogP contribution < -0.4 is 0 Å². The summed E-state index contributed by atoms with van der Waals surface area (Å²) >= 11 is 6.11. The summed E-state index contributed by atoms with van der Waals surface area (Å²) in [6.07, 6.45) is 5.52. The molecule has 1 unspecified atom stereocenters. The zero-order chi connectivity index (χ0) is 12.5. The monoisotopic (exact) mass is 254 g/mol. The Bertz CT molecular complexity index is 489. The van der Waals surface area contributed by atoms with Gasteiger partial charge in [-0.05, 0) is 19.4 Å². The number of furan rings is 1. The SMILES string of the molecule is CCCn1ncc(Cl)c1C(C)(O)c1ccoc1. The van der Waals surface area contributed by atoms with E-state index in [0.29, 0.717) is 16.3 Å². The first-order valence-electron chi connectivity index (χ1n) is 5.54. The molecule has 0 aliphatic heterocycles. The van der Waals surface area contributed by atoms with E-state index in [9.17, 15) is 5.11 Å². The number of hydrogen-bond acceptors (Lipinski definition) is 3. The summed E-state index contributed by atoms with van der Waals surface area (Å²) in [6, 6.07) is 1.72. The Hall–Kier alpha value is -1.26. The van der Waals surface area contributed by atoms with Gasteiger partial charge in [-0.25, -0.2) is 0 Å². The summed E-state index contributed by atoms with van der Waals surface area (Å²) < 4.78 is 6.74. The van der Waals surface area contributed by atoms with Gasteiger partial charge in [0.05, 0.1) is 29.4 Å². The maximum atomic E-state index is 10.6. The van der Waals surface area contributed by atoms with Gasteiger partial charge in [-0.15, -0.1) is 0 Å². The van der Waals surface area contributed by atoms with Gasteiger partial charge < -0.3 is 9.52 Å². The summed E-state index contributed by atoms with van der Waals surface area (Å²) in [5.74, 6) is 0. The van der Waals surface area contributed by atoms with Crippen LogP contribution >= 0.6 is 11.6 Å². The van der Waals surface area contributed by atoms with Gasteiger partial charge in [-0.3, -0.25) is 4.68 Å². The molecule has 0 aromatic carbocycles. The number of aryl methyl sites for hydroxylation is 1. The van der Waals surface area contributed by atoms with Crippen LogP contribution in [-0.2, 0) is 12.1 Å². The molecule has 0 amide bonds. The molecule has 0 fully saturated rings. The molecule has 0 saturated heterocycles. The van der Waals surface area contributed by atoms with E-state index >= 15 is 0 Å². The van der Waals surface area contributed by atoms with Crippen molar-refractivity contribution in [3.8, 4) is 0 Å². The minimum atomic E-state index is -1.20. The average molecular weight is 255 g/mol. The maximum absolute atomic E-state index is 10.6. The van der Waals surface area contributed by atoms with E-state index in [4.69, 9.17) is 16.0 Å². The van der Waals surface area contributed by atoms with Gasteiger partial charge in [0.15, 0.2) is 0 Å². The third-order valence-electron chi connectivity index (χ3n) is 2.77. The minimum absolute atomic E-state index is 0.463. The highest BCUT2D eigenvalue weighted by Crippen LogP contribution is 2.34. The lowest BCUT2D eigenvalue weighted by molar-refractivity contribution is 0.0908. The van der Waals surface area contributed by atoms with E-state index < -0.39 is 5.60 Å². The first-order valence-corrected chi connectivity index (χ1v) is 5.92. The van der Waals surface area contributed by atoms with Crippen molar-refractivity contribution < 1.29 is 9.52 Å². The van der Waals surface area contributed by atoms with Crippen molar-refractivity contribution in [3.05, 3.63) is 41.1 Å². The standard InChI is InChI=1S/C12H15ClN2O2/c1-3-5-15-11(10(13)7-14-15)12(2,16)9-4-6-17-8-9/h4,6-8,16H,3,5H2,1-2H3. The summed E-state index contributed by atoms with van der Waals surface area (Å²) in [7, 11) is 0. The molecule has 0 saturated carbocycles. The number of rotatable bonds is 4. The molecular weight excluding hydrogens is 240 g/mol. The second-order valence-corrected chi connectivity index (χ2v) is 4.56. The van der Waals surface area contributed by atoms with Crippen LogP contribution in [0.3, 0.4) is 0 Å². The first-order chi connectivity index (χ1) is 8.07. The summed E-state index contributed by atoms with van der Waals surface area (Å²) in [4.78, 5) is 0. The predicted octanol–water partition coefficient (Wildman–Crippen LogP) is 2.80. The first kappa shape index (κ1) is 12.2. The lowest BCUT2D eigenvalue weighted by atomic mass is 9.95. The largest absolute Gasteiger partial charge is 0.472 e. The Balaban J connectivity index is 2.48. The molecule has 1 N–H and O–H groups in total. The molecule has 2 aromatic heterocycles. The molecule has 0 aliphatic carbocycles. The molecule has 17 heavy (non-hydrogen) atoms. The molecule has 92 valence electrons. The van der Waals surface area contributed by atoms with Gasteiger partial charge >= 0.3 is 0 Å². The zero-order valence-corrected chi connectivity index (χ0v) is 10.6. The lowest BCUT2D eigenvalue weighted by Crippen LogP contribution is -2.27. The highest BCUT2D eigenvalue weighted by atomic mass is 35.5. The average Bonchev–Trinajstić information content (AvgIpc) is 2.88. The third kappa shape index (κ3) is 2.10. The van der Waals surface area contributed by atoms with Gasteiger partial charge in [0.1, 0.15) is 5.60 Å². The zero-order valence-electron chi connectivity index (χ0n) is 9.85. The van der Waals surface area contributed by atoms with Crippen molar-refractivity contribution in [2.24, 2.45) is 0 Å². The summed E-state index contributed by atoms with van der Waals surface area (Å²) in [6.45, 7) is 4.45. The van der Waals surface area contributed by atoms with E-state index in [0.717, 1.165) is 13.0 Å². The van der Waals surface area contributed by atoms with E-state index in [1.807, 2.05) is 6.92 Å². The Morgan fingerprint density at radius 1 is 1.59 bits per heavy atom. The van der Waals surface area contributed by atoms with Crippen molar-refractivity contribution in [3.63, 3.8) is 0 Å². The highest BCUT2D eigenvalue weighted by Gasteiger charge is 2.33. The molecule has 5 heteroatoms. The minimum Gasteiger partial charge on any atom is -0.472 e. The number of aliphatic hydroxyl groups is 1. The molecule has 2 aromatic rings. The molecule has 0 spiro atoms. The van der Waals surface area contributed by atoms with E-state index in [1.165, 1.54) is 12.5 Å². The van der Waals surface area contributed by atoms with Gasteiger partial charge in [0.2, 0.25) is 0 Å². The highest BCUT2D eigenvalue weighted by molar-refractivity contribution is 6.31. The van der Waals surface area contributed by atoms with Gasteiger partial charge in [0.25, 0.3) is 0 Å². The quantitative estimate of drug-likeness (QED) is 0.913. The number of aromatic nitrogens is 2. The van der Waals surface area contributed by atoms with E-state index in [2.05, 4.69) is 5.10 Å². The van der Waals surface area contributed by atoms with Gasteiger partial charge in [0, 0.05) is 12.1 Å². The fourth-order valence-corrected chi connectivity index (χ4v) is 2.23. The third-order valence-corrected chi connectivity index (χ3v) is 3.05. The van der Waals surface area contributed by atoms with Crippen LogP contribution in [0.15, 0.2) is 29.2 Å². The van der Waals surface area contributed by atoms with Crippen LogP contribution in [0.4, 0.5) is 0 Å². The smallest absolute Gasteiger partial charge is 0.133 e. The van der Waals surface area contributed by atoms with Crippen LogP contribution in [0, 0.1) is 0 Å². The maximum Gasteiger partial charge on any atom is 0.133 e. The van der Waals surface area contributed by atoms with Crippen LogP contribution in [0.1, 0.15) is 31.5 Å². The van der Waals surface area contributed by atoms with E-state index in [1.54, 1.807) is 23.9 Å². The Labute approximate surface area is 105 Å². The van der Waals surface area contributed by atoms with Crippen molar-refractivity contribution >= 4 is 11.6 Å². The van der Waals surface area contributed by atoms with Gasteiger partial charge in [-0.2, -0.15) is 5.10 Å². The second-order valence-electron chi connectivity index (χ2n) is 4.15. The van der Waals surface area contributed by atoms with E-state index in [-0.39, 0.29) is 0 Å². The number of hydrogen-bond donors (Lipinski definition) is 1. The molecule has 2 heterocycles. The summed E-state index contributed by atoms with van der Waals surface area (Å²) in [5, 5.41) is 15.3. The van der Waals surface area contributed by atoms with Crippen LogP contribution in [0.25, 0.3) is 0 Å². The molecule has 0 radical (unpaired) electrons. The van der Waals surface area contributed by atoms with Crippen LogP contribution in [-0.4, -0.2) is 14.9 Å². The molecule has 1 atom stereocenters. The Kier molecular flexibility index (Phi) is 3.26. The van der Waals surface area contributed by atoms with Crippen LogP contribution in [0.2, 0.25) is 5.02 Å². The Morgan fingerprint density at radius 2 is 2.35 bits per heavy atom. The number of halogens is 1. The lowest BCUT2D eigenvalue weighted by Gasteiger charge is -2.23. The predicted molar refractivity (Wildman–Crippen MR) is 64.9 cm³/mol.